The normalized spacial score (nSPS) is 28.4. The second-order valence-electron chi connectivity index (χ2n) is 4.77. The quantitative estimate of drug-likeness (QED) is 0.726. The minimum absolute atomic E-state index is 0.321. The summed E-state index contributed by atoms with van der Waals surface area (Å²) >= 11 is 0. The lowest BCUT2D eigenvalue weighted by Crippen LogP contribution is -2.36. The van der Waals surface area contributed by atoms with Crippen LogP contribution in [0.3, 0.4) is 0 Å². The summed E-state index contributed by atoms with van der Waals surface area (Å²) in [6.07, 6.45) is 7.49. The van der Waals surface area contributed by atoms with Gasteiger partial charge in [-0.15, -0.1) is 0 Å². The highest BCUT2D eigenvalue weighted by atomic mass is 16.5. The third-order valence-electron chi connectivity index (χ3n) is 3.81. The summed E-state index contributed by atoms with van der Waals surface area (Å²) in [5, 5.41) is 9.34. The molecule has 0 spiro atoms. The number of hydrogen-bond donors (Lipinski definition) is 1. The van der Waals surface area contributed by atoms with Crippen molar-refractivity contribution in [2.75, 3.05) is 19.8 Å². The van der Waals surface area contributed by atoms with Crippen molar-refractivity contribution < 1.29 is 9.84 Å². The van der Waals surface area contributed by atoms with Gasteiger partial charge in [0.1, 0.15) is 0 Å². The molecule has 0 aromatic rings. The number of aliphatic hydroxyl groups excluding tert-OH is 1. The van der Waals surface area contributed by atoms with E-state index in [9.17, 15) is 5.11 Å². The molecule has 1 heterocycles. The van der Waals surface area contributed by atoms with Gasteiger partial charge in [0, 0.05) is 19.8 Å². The van der Waals surface area contributed by atoms with Gasteiger partial charge in [-0.25, -0.2) is 0 Å². The monoisotopic (exact) mass is 184 g/mol. The fraction of sp³-hybridized carbons (Fsp3) is 1.00. The van der Waals surface area contributed by atoms with Crippen molar-refractivity contribution in [2.45, 2.75) is 38.5 Å². The van der Waals surface area contributed by atoms with Crippen LogP contribution in [0.25, 0.3) is 0 Å². The minimum atomic E-state index is 0.321. The summed E-state index contributed by atoms with van der Waals surface area (Å²) in [7, 11) is 0. The van der Waals surface area contributed by atoms with Crippen molar-refractivity contribution in [3.63, 3.8) is 0 Å². The van der Waals surface area contributed by atoms with Gasteiger partial charge in [-0.1, -0.05) is 6.42 Å². The summed E-state index contributed by atoms with van der Waals surface area (Å²) < 4.78 is 5.34. The first-order valence-electron chi connectivity index (χ1n) is 5.53. The predicted octanol–water partition coefficient (Wildman–Crippen LogP) is 1.97. The van der Waals surface area contributed by atoms with E-state index in [1.54, 1.807) is 0 Å². The molecular weight excluding hydrogens is 164 g/mol. The molecule has 0 atom stereocenters. The Kier molecular flexibility index (Phi) is 2.89. The van der Waals surface area contributed by atoms with Gasteiger partial charge in [-0.05, 0) is 43.4 Å². The minimum Gasteiger partial charge on any atom is -0.396 e. The van der Waals surface area contributed by atoms with E-state index in [-0.39, 0.29) is 0 Å². The van der Waals surface area contributed by atoms with E-state index >= 15 is 0 Å². The fourth-order valence-electron chi connectivity index (χ4n) is 2.67. The highest BCUT2D eigenvalue weighted by Gasteiger charge is 2.38. The fourth-order valence-corrected chi connectivity index (χ4v) is 2.67. The predicted molar refractivity (Wildman–Crippen MR) is 51.5 cm³/mol. The van der Waals surface area contributed by atoms with Gasteiger partial charge >= 0.3 is 0 Å². The zero-order chi connectivity index (χ0) is 9.15. The van der Waals surface area contributed by atoms with E-state index in [4.69, 9.17) is 4.74 Å². The Balaban J connectivity index is 1.81. The van der Waals surface area contributed by atoms with Gasteiger partial charge in [0.15, 0.2) is 0 Å². The molecule has 0 amide bonds. The van der Waals surface area contributed by atoms with Crippen LogP contribution in [0.1, 0.15) is 38.5 Å². The van der Waals surface area contributed by atoms with Crippen molar-refractivity contribution in [1.29, 1.82) is 0 Å². The van der Waals surface area contributed by atoms with Crippen LogP contribution in [0.2, 0.25) is 0 Å². The summed E-state index contributed by atoms with van der Waals surface area (Å²) in [4.78, 5) is 0. The van der Waals surface area contributed by atoms with E-state index in [1.165, 1.54) is 38.5 Å². The topological polar surface area (TPSA) is 29.5 Å². The molecular formula is C11H20O2. The Bertz CT molecular complexity index is 152. The zero-order valence-electron chi connectivity index (χ0n) is 8.30. The van der Waals surface area contributed by atoms with Gasteiger partial charge in [0.25, 0.3) is 0 Å². The maximum absolute atomic E-state index is 9.34. The third kappa shape index (κ3) is 2.05. The van der Waals surface area contributed by atoms with Gasteiger partial charge in [-0.2, -0.15) is 0 Å². The number of aliphatic hydroxyl groups is 1. The molecule has 1 aliphatic carbocycles. The first-order chi connectivity index (χ1) is 6.35. The first-order valence-corrected chi connectivity index (χ1v) is 5.53. The maximum atomic E-state index is 9.34. The van der Waals surface area contributed by atoms with Crippen LogP contribution in [0.15, 0.2) is 0 Å². The first kappa shape index (κ1) is 9.47. The summed E-state index contributed by atoms with van der Waals surface area (Å²) in [5.74, 6) is 0.821. The Morgan fingerprint density at radius 3 is 2.38 bits per heavy atom. The van der Waals surface area contributed by atoms with Crippen LogP contribution in [0.5, 0.6) is 0 Å². The molecule has 0 unspecified atom stereocenters. The maximum Gasteiger partial charge on any atom is 0.0487 e. The highest BCUT2D eigenvalue weighted by molar-refractivity contribution is 4.89. The Labute approximate surface area is 80.3 Å². The van der Waals surface area contributed by atoms with Crippen LogP contribution in [-0.2, 0) is 4.74 Å². The SMILES string of the molecule is OCC1(CC2CCOCC2)CCC1. The third-order valence-corrected chi connectivity index (χ3v) is 3.81. The zero-order valence-corrected chi connectivity index (χ0v) is 8.30. The Morgan fingerprint density at radius 2 is 1.92 bits per heavy atom. The van der Waals surface area contributed by atoms with E-state index in [0.717, 1.165) is 19.1 Å². The molecule has 0 bridgehead atoms. The summed E-state index contributed by atoms with van der Waals surface area (Å²) in [6.45, 7) is 2.28. The lowest BCUT2D eigenvalue weighted by molar-refractivity contribution is -0.00856. The standard InChI is InChI=1S/C11H20O2/c12-9-11(4-1-5-11)8-10-2-6-13-7-3-10/h10,12H,1-9H2. The molecule has 2 rings (SSSR count). The van der Waals surface area contributed by atoms with Crippen LogP contribution in [0.4, 0.5) is 0 Å². The van der Waals surface area contributed by atoms with Crippen LogP contribution < -0.4 is 0 Å². The number of ether oxygens (including phenoxy) is 1. The molecule has 0 aromatic heterocycles. The second kappa shape index (κ2) is 3.97. The van der Waals surface area contributed by atoms with Crippen LogP contribution >= 0.6 is 0 Å². The van der Waals surface area contributed by atoms with Crippen molar-refractivity contribution in [2.24, 2.45) is 11.3 Å². The van der Waals surface area contributed by atoms with E-state index in [2.05, 4.69) is 0 Å². The van der Waals surface area contributed by atoms with E-state index in [0.29, 0.717) is 12.0 Å². The lowest BCUT2D eigenvalue weighted by Gasteiger charge is -2.43. The molecule has 1 saturated carbocycles. The van der Waals surface area contributed by atoms with Crippen molar-refractivity contribution in [3.05, 3.63) is 0 Å². The van der Waals surface area contributed by atoms with Crippen molar-refractivity contribution >= 4 is 0 Å². The molecule has 0 aromatic carbocycles. The number of hydrogen-bond acceptors (Lipinski definition) is 2. The van der Waals surface area contributed by atoms with Crippen molar-refractivity contribution in [1.82, 2.24) is 0 Å². The van der Waals surface area contributed by atoms with Gasteiger partial charge in [-0.3, -0.25) is 0 Å². The van der Waals surface area contributed by atoms with Crippen LogP contribution in [-0.4, -0.2) is 24.9 Å². The molecule has 0 radical (unpaired) electrons. The molecule has 1 N–H and O–H groups in total. The Hall–Kier alpha value is -0.0800. The average Bonchev–Trinajstić information content (AvgIpc) is 2.13. The molecule has 76 valence electrons. The summed E-state index contributed by atoms with van der Waals surface area (Å²) in [5.41, 5.74) is 0.321. The molecule has 2 nitrogen and oxygen atoms in total. The smallest absolute Gasteiger partial charge is 0.0487 e. The van der Waals surface area contributed by atoms with Gasteiger partial charge in [0.05, 0.1) is 0 Å². The van der Waals surface area contributed by atoms with E-state index < -0.39 is 0 Å². The Morgan fingerprint density at radius 1 is 1.23 bits per heavy atom. The summed E-state index contributed by atoms with van der Waals surface area (Å²) in [6, 6.07) is 0. The van der Waals surface area contributed by atoms with Crippen molar-refractivity contribution in [3.8, 4) is 0 Å². The van der Waals surface area contributed by atoms with Crippen LogP contribution in [0, 0.1) is 11.3 Å². The molecule has 13 heavy (non-hydrogen) atoms. The molecule has 1 aliphatic heterocycles. The molecule has 1 saturated heterocycles. The largest absolute Gasteiger partial charge is 0.396 e. The number of rotatable bonds is 3. The molecule has 2 aliphatic rings. The second-order valence-corrected chi connectivity index (χ2v) is 4.77. The van der Waals surface area contributed by atoms with Gasteiger partial charge in [0.2, 0.25) is 0 Å². The van der Waals surface area contributed by atoms with E-state index in [1.807, 2.05) is 0 Å². The lowest BCUT2D eigenvalue weighted by atomic mass is 9.64. The molecule has 2 heteroatoms. The van der Waals surface area contributed by atoms with Gasteiger partial charge < -0.3 is 9.84 Å². The highest BCUT2D eigenvalue weighted by Crippen LogP contribution is 2.46. The average molecular weight is 184 g/mol. The molecule has 2 fully saturated rings.